The molecule has 1 heterocycles. The Labute approximate surface area is 123 Å². The number of nitrogens with one attached hydrogen (secondary N) is 2. The minimum Gasteiger partial charge on any atom is -0.465 e. The summed E-state index contributed by atoms with van der Waals surface area (Å²) in [5, 5.41) is 3.36. The van der Waals surface area contributed by atoms with Crippen LogP contribution in [0.4, 0.5) is 11.4 Å². The van der Waals surface area contributed by atoms with E-state index in [9.17, 15) is 4.79 Å². The number of nitrogens with zero attached hydrogens (tertiary/aromatic N) is 1. The van der Waals surface area contributed by atoms with Crippen LogP contribution in [0.3, 0.4) is 0 Å². The second kappa shape index (κ2) is 6.30. The van der Waals surface area contributed by atoms with E-state index in [1.54, 1.807) is 18.5 Å². The Bertz CT molecular complexity index is 623. The fourth-order valence-electron chi connectivity index (χ4n) is 2.19. The van der Waals surface area contributed by atoms with Gasteiger partial charge in [-0.15, -0.1) is 0 Å². The molecule has 2 rings (SSSR count). The molecule has 0 fully saturated rings. The predicted octanol–water partition coefficient (Wildman–Crippen LogP) is 2.65. The molecule has 6 nitrogen and oxygen atoms in total. The molecule has 0 amide bonds. The quantitative estimate of drug-likeness (QED) is 0.581. The number of ether oxygens (including phenoxy) is 1. The number of carbonyl (C=O) groups is 1. The van der Waals surface area contributed by atoms with Crippen molar-refractivity contribution in [1.29, 1.82) is 0 Å². The number of hydrogen-bond donors (Lipinski definition) is 3. The van der Waals surface area contributed by atoms with Crippen molar-refractivity contribution < 1.29 is 9.53 Å². The molecule has 1 atom stereocenters. The molecule has 1 aromatic heterocycles. The first-order valence-corrected chi connectivity index (χ1v) is 6.81. The standard InChI is InChI=1S/C15H20N4O2/c1-4-12(14-17-5-6-18-14)19-10-7-9(2)13(16)11(8-10)15(20)21-3/h5-8,12,19H,4,16H2,1-3H3,(H,17,18). The first-order chi connectivity index (χ1) is 10.1. The molecular formula is C15H20N4O2. The second-order valence-electron chi connectivity index (χ2n) is 4.83. The summed E-state index contributed by atoms with van der Waals surface area (Å²) in [5.74, 6) is 0.414. The molecule has 112 valence electrons. The van der Waals surface area contributed by atoms with Crippen LogP contribution in [0.1, 0.15) is 41.1 Å². The maximum atomic E-state index is 11.8. The first-order valence-electron chi connectivity index (χ1n) is 6.81. The summed E-state index contributed by atoms with van der Waals surface area (Å²) in [5.41, 5.74) is 8.39. The third kappa shape index (κ3) is 3.16. The van der Waals surface area contributed by atoms with Crippen LogP contribution in [0.25, 0.3) is 0 Å². The van der Waals surface area contributed by atoms with Gasteiger partial charge >= 0.3 is 5.97 Å². The van der Waals surface area contributed by atoms with E-state index in [0.717, 1.165) is 23.5 Å². The molecule has 1 aromatic carbocycles. The van der Waals surface area contributed by atoms with Crippen molar-refractivity contribution in [2.45, 2.75) is 26.3 Å². The molecule has 1 unspecified atom stereocenters. The average Bonchev–Trinajstić information content (AvgIpc) is 3.01. The summed E-state index contributed by atoms with van der Waals surface area (Å²) in [6.07, 6.45) is 4.35. The number of H-pyrrole nitrogens is 1. The van der Waals surface area contributed by atoms with E-state index in [2.05, 4.69) is 22.2 Å². The van der Waals surface area contributed by atoms with Crippen LogP contribution in [0, 0.1) is 6.92 Å². The fourth-order valence-corrected chi connectivity index (χ4v) is 2.19. The average molecular weight is 288 g/mol. The van der Waals surface area contributed by atoms with Gasteiger partial charge in [0.15, 0.2) is 0 Å². The topological polar surface area (TPSA) is 93.0 Å². The summed E-state index contributed by atoms with van der Waals surface area (Å²) >= 11 is 0. The normalized spacial score (nSPS) is 12.0. The van der Waals surface area contributed by atoms with Crippen molar-refractivity contribution in [2.24, 2.45) is 0 Å². The number of hydrogen-bond acceptors (Lipinski definition) is 5. The van der Waals surface area contributed by atoms with Gasteiger partial charge in [-0.3, -0.25) is 0 Å². The molecule has 4 N–H and O–H groups in total. The summed E-state index contributed by atoms with van der Waals surface area (Å²) in [7, 11) is 1.34. The number of methoxy groups -OCH3 is 1. The highest BCUT2D eigenvalue weighted by molar-refractivity contribution is 5.97. The molecule has 2 aromatic rings. The van der Waals surface area contributed by atoms with E-state index in [1.165, 1.54) is 7.11 Å². The molecule has 0 aliphatic heterocycles. The zero-order chi connectivity index (χ0) is 15.4. The van der Waals surface area contributed by atoms with Crippen LogP contribution in [-0.4, -0.2) is 23.0 Å². The zero-order valence-corrected chi connectivity index (χ0v) is 12.4. The molecule has 6 heteroatoms. The lowest BCUT2D eigenvalue weighted by molar-refractivity contribution is 0.0602. The van der Waals surface area contributed by atoms with Gasteiger partial charge in [-0.2, -0.15) is 0 Å². The minimum absolute atomic E-state index is 0.0357. The number of benzene rings is 1. The van der Waals surface area contributed by atoms with Crippen molar-refractivity contribution in [2.75, 3.05) is 18.2 Å². The van der Waals surface area contributed by atoms with Gasteiger partial charge < -0.3 is 20.8 Å². The number of rotatable bonds is 5. The van der Waals surface area contributed by atoms with E-state index >= 15 is 0 Å². The number of aromatic amines is 1. The van der Waals surface area contributed by atoms with Gasteiger partial charge in [-0.05, 0) is 31.0 Å². The van der Waals surface area contributed by atoms with E-state index < -0.39 is 5.97 Å². The molecule has 0 saturated carbocycles. The number of nitrogens with two attached hydrogens (primary N) is 1. The highest BCUT2D eigenvalue weighted by Crippen LogP contribution is 2.27. The van der Waals surface area contributed by atoms with Gasteiger partial charge in [0.1, 0.15) is 5.82 Å². The number of aryl methyl sites for hydroxylation is 1. The lowest BCUT2D eigenvalue weighted by Crippen LogP contribution is -2.13. The molecule has 0 bridgehead atoms. The van der Waals surface area contributed by atoms with Gasteiger partial charge in [-0.25, -0.2) is 9.78 Å². The van der Waals surface area contributed by atoms with Crippen molar-refractivity contribution in [3.63, 3.8) is 0 Å². The molecule has 0 spiro atoms. The van der Waals surface area contributed by atoms with Crippen molar-refractivity contribution in [3.05, 3.63) is 41.5 Å². The van der Waals surface area contributed by atoms with E-state index in [0.29, 0.717) is 11.3 Å². The Kier molecular flexibility index (Phi) is 4.47. The van der Waals surface area contributed by atoms with Crippen LogP contribution in [-0.2, 0) is 4.74 Å². The Hall–Kier alpha value is -2.50. The highest BCUT2D eigenvalue weighted by Gasteiger charge is 2.16. The fraction of sp³-hybridized carbons (Fsp3) is 0.333. The highest BCUT2D eigenvalue weighted by atomic mass is 16.5. The molecule has 0 radical (unpaired) electrons. The van der Waals surface area contributed by atoms with Gasteiger partial charge in [0.05, 0.1) is 18.7 Å². The molecule has 0 aliphatic carbocycles. The molecule has 0 aliphatic rings. The van der Waals surface area contributed by atoms with E-state index in [-0.39, 0.29) is 6.04 Å². The SMILES string of the molecule is CCC(Nc1cc(C)c(N)c(C(=O)OC)c1)c1ncc[nH]1. The third-order valence-corrected chi connectivity index (χ3v) is 3.39. The largest absolute Gasteiger partial charge is 0.465 e. The lowest BCUT2D eigenvalue weighted by Gasteiger charge is -2.18. The number of anilines is 2. The molecular weight excluding hydrogens is 268 g/mol. The van der Waals surface area contributed by atoms with Crippen LogP contribution in [0.5, 0.6) is 0 Å². The number of imidazole rings is 1. The lowest BCUT2D eigenvalue weighted by atomic mass is 10.1. The molecule has 0 saturated heterocycles. The smallest absolute Gasteiger partial charge is 0.340 e. The Morgan fingerprint density at radius 2 is 2.29 bits per heavy atom. The van der Waals surface area contributed by atoms with Crippen LogP contribution in [0.15, 0.2) is 24.5 Å². The summed E-state index contributed by atoms with van der Waals surface area (Å²) in [6.45, 7) is 3.92. The summed E-state index contributed by atoms with van der Waals surface area (Å²) in [6, 6.07) is 3.65. The second-order valence-corrected chi connectivity index (χ2v) is 4.83. The Morgan fingerprint density at radius 1 is 1.52 bits per heavy atom. The maximum Gasteiger partial charge on any atom is 0.340 e. The van der Waals surface area contributed by atoms with E-state index in [4.69, 9.17) is 10.5 Å². The molecule has 21 heavy (non-hydrogen) atoms. The van der Waals surface area contributed by atoms with Crippen LogP contribution in [0.2, 0.25) is 0 Å². The third-order valence-electron chi connectivity index (χ3n) is 3.39. The number of aromatic nitrogens is 2. The van der Waals surface area contributed by atoms with E-state index in [1.807, 2.05) is 13.0 Å². The number of nitrogen functional groups attached to an aromatic ring is 1. The van der Waals surface area contributed by atoms with Gasteiger partial charge in [-0.1, -0.05) is 6.92 Å². The van der Waals surface area contributed by atoms with Gasteiger partial charge in [0, 0.05) is 23.8 Å². The van der Waals surface area contributed by atoms with Crippen molar-refractivity contribution in [1.82, 2.24) is 9.97 Å². The van der Waals surface area contributed by atoms with Crippen LogP contribution >= 0.6 is 0 Å². The number of carbonyl (C=O) groups excluding carboxylic acids is 1. The predicted molar refractivity (Wildman–Crippen MR) is 82.2 cm³/mol. The van der Waals surface area contributed by atoms with Gasteiger partial charge in [0.25, 0.3) is 0 Å². The summed E-state index contributed by atoms with van der Waals surface area (Å²) < 4.78 is 4.77. The van der Waals surface area contributed by atoms with Crippen molar-refractivity contribution in [3.8, 4) is 0 Å². The maximum absolute atomic E-state index is 11.8. The monoisotopic (exact) mass is 288 g/mol. The van der Waals surface area contributed by atoms with Gasteiger partial charge in [0.2, 0.25) is 0 Å². The zero-order valence-electron chi connectivity index (χ0n) is 12.4. The Balaban J connectivity index is 2.32. The van der Waals surface area contributed by atoms with Crippen LogP contribution < -0.4 is 11.1 Å². The number of esters is 1. The minimum atomic E-state index is -0.440. The van der Waals surface area contributed by atoms with Crippen molar-refractivity contribution >= 4 is 17.3 Å². The first kappa shape index (κ1) is 14.9. The Morgan fingerprint density at radius 3 is 2.86 bits per heavy atom. The summed E-state index contributed by atoms with van der Waals surface area (Å²) in [4.78, 5) is 19.1.